The molecule has 1 aliphatic heterocycles. The lowest BCUT2D eigenvalue weighted by Crippen LogP contribution is -2.61. The van der Waals surface area contributed by atoms with Gasteiger partial charge in [-0.2, -0.15) is 0 Å². The molecular weight excluding hydrogens is 328 g/mol. The fraction of sp³-hybridized carbons (Fsp3) is 0.667. The first-order valence-electron chi connectivity index (χ1n) is 10.1. The molecule has 0 aromatic heterocycles. The number of benzene rings is 1. The standard InChI is InChI=1S/C21H28N2O3/c24-18(16-1-2-19-17(8-16)3-4-26-19)12-22-20(25)23-21-9-13-5-14(10-21)7-15(6-13)11-21/h1-2,8,13-15,18,24H,3-7,9-12H2,(H2,22,23,25)/t13?,14?,15?,18-,21?/m0/s1. The third-order valence-corrected chi connectivity index (χ3v) is 6.97. The molecule has 5 nitrogen and oxygen atoms in total. The van der Waals surface area contributed by atoms with Gasteiger partial charge in [-0.05, 0) is 79.5 Å². The van der Waals surface area contributed by atoms with Crippen LogP contribution in [0.1, 0.15) is 55.8 Å². The number of fused-ring (bicyclic) bond motifs is 1. The monoisotopic (exact) mass is 356 g/mol. The van der Waals surface area contributed by atoms with Crippen molar-refractivity contribution in [3.05, 3.63) is 29.3 Å². The van der Waals surface area contributed by atoms with Crippen molar-refractivity contribution in [3.63, 3.8) is 0 Å². The first-order valence-corrected chi connectivity index (χ1v) is 10.1. The van der Waals surface area contributed by atoms with E-state index in [1.54, 1.807) is 0 Å². The zero-order valence-electron chi connectivity index (χ0n) is 15.2. The van der Waals surface area contributed by atoms with Crippen LogP contribution in [0.2, 0.25) is 0 Å². The molecule has 1 aromatic rings. The van der Waals surface area contributed by atoms with E-state index in [1.807, 2.05) is 18.2 Å². The summed E-state index contributed by atoms with van der Waals surface area (Å²) in [5, 5.41) is 16.6. The van der Waals surface area contributed by atoms with Gasteiger partial charge in [0.05, 0.1) is 12.7 Å². The number of ether oxygens (including phenoxy) is 1. The fourth-order valence-corrected chi connectivity index (χ4v) is 6.27. The van der Waals surface area contributed by atoms with E-state index in [2.05, 4.69) is 10.6 Å². The van der Waals surface area contributed by atoms with Crippen LogP contribution in [0.3, 0.4) is 0 Å². The largest absolute Gasteiger partial charge is 0.493 e. The summed E-state index contributed by atoms with van der Waals surface area (Å²) in [6, 6.07) is 5.66. The topological polar surface area (TPSA) is 70.6 Å². The molecule has 4 saturated carbocycles. The number of rotatable bonds is 4. The summed E-state index contributed by atoms with van der Waals surface area (Å²) in [6.07, 6.45) is 7.70. The third-order valence-electron chi connectivity index (χ3n) is 6.97. The molecule has 0 radical (unpaired) electrons. The molecule has 1 aromatic carbocycles. The molecule has 4 bridgehead atoms. The van der Waals surface area contributed by atoms with E-state index in [0.29, 0.717) is 6.61 Å². The molecule has 6 rings (SSSR count). The second kappa shape index (κ2) is 6.15. The number of carbonyl (C=O) groups excluding carboxylic acids is 1. The van der Waals surface area contributed by atoms with Gasteiger partial charge < -0.3 is 20.5 Å². The van der Waals surface area contributed by atoms with Gasteiger partial charge in [0.2, 0.25) is 0 Å². The second-order valence-corrected chi connectivity index (χ2v) is 9.01. The highest BCUT2D eigenvalue weighted by Crippen LogP contribution is 2.55. The van der Waals surface area contributed by atoms with E-state index in [-0.39, 0.29) is 18.1 Å². The number of hydrogen-bond acceptors (Lipinski definition) is 3. The molecule has 0 spiro atoms. The van der Waals surface area contributed by atoms with Crippen molar-refractivity contribution in [2.45, 2.75) is 56.6 Å². The van der Waals surface area contributed by atoms with Crippen LogP contribution in [-0.4, -0.2) is 29.8 Å². The smallest absolute Gasteiger partial charge is 0.315 e. The molecule has 3 N–H and O–H groups in total. The number of aliphatic hydroxyl groups excluding tert-OH is 1. The van der Waals surface area contributed by atoms with Crippen molar-refractivity contribution in [2.24, 2.45) is 17.8 Å². The summed E-state index contributed by atoms with van der Waals surface area (Å²) in [5.41, 5.74) is 1.98. The zero-order chi connectivity index (χ0) is 17.7. The van der Waals surface area contributed by atoms with Crippen molar-refractivity contribution >= 4 is 6.03 Å². The summed E-state index contributed by atoms with van der Waals surface area (Å²) in [4.78, 5) is 12.5. The average molecular weight is 356 g/mol. The number of urea groups is 1. The Hall–Kier alpha value is -1.75. The van der Waals surface area contributed by atoms with Crippen molar-refractivity contribution in [1.29, 1.82) is 0 Å². The maximum Gasteiger partial charge on any atom is 0.315 e. The van der Waals surface area contributed by atoms with Gasteiger partial charge in [0.15, 0.2) is 0 Å². The summed E-state index contributed by atoms with van der Waals surface area (Å²) < 4.78 is 5.50. The second-order valence-electron chi connectivity index (χ2n) is 9.01. The predicted octanol–water partition coefficient (Wildman–Crippen LogP) is 2.92. The molecule has 4 aliphatic carbocycles. The molecule has 0 unspecified atom stereocenters. The van der Waals surface area contributed by atoms with Crippen LogP contribution in [0.15, 0.2) is 18.2 Å². The highest BCUT2D eigenvalue weighted by molar-refractivity contribution is 5.75. The van der Waals surface area contributed by atoms with Gasteiger partial charge in [-0.1, -0.05) is 6.07 Å². The van der Waals surface area contributed by atoms with Gasteiger partial charge in [0.1, 0.15) is 5.75 Å². The van der Waals surface area contributed by atoms with Gasteiger partial charge in [-0.15, -0.1) is 0 Å². The Morgan fingerprint density at radius 2 is 1.88 bits per heavy atom. The Balaban J connectivity index is 1.17. The van der Waals surface area contributed by atoms with Crippen molar-refractivity contribution in [2.75, 3.05) is 13.2 Å². The highest BCUT2D eigenvalue weighted by atomic mass is 16.5. The number of nitrogens with one attached hydrogen (secondary N) is 2. The summed E-state index contributed by atoms with van der Waals surface area (Å²) in [5.74, 6) is 3.33. The molecular formula is C21H28N2O3. The first kappa shape index (κ1) is 16.4. The van der Waals surface area contributed by atoms with Crippen LogP contribution in [0.5, 0.6) is 5.75 Å². The Labute approximate surface area is 154 Å². The van der Waals surface area contributed by atoms with Gasteiger partial charge in [0.25, 0.3) is 0 Å². The minimum absolute atomic E-state index is 0.00863. The molecule has 0 saturated heterocycles. The molecule has 1 heterocycles. The summed E-state index contributed by atoms with van der Waals surface area (Å²) >= 11 is 0. The van der Waals surface area contributed by atoms with Gasteiger partial charge in [0, 0.05) is 18.5 Å². The van der Waals surface area contributed by atoms with Gasteiger partial charge in [-0.25, -0.2) is 4.79 Å². The minimum atomic E-state index is -0.692. The van der Waals surface area contributed by atoms with E-state index in [9.17, 15) is 9.90 Å². The van der Waals surface area contributed by atoms with E-state index < -0.39 is 6.10 Å². The lowest BCUT2D eigenvalue weighted by atomic mass is 9.53. The van der Waals surface area contributed by atoms with Crippen LogP contribution in [0, 0.1) is 17.8 Å². The number of amides is 2. The highest BCUT2D eigenvalue weighted by Gasteiger charge is 2.51. The molecule has 5 heteroatoms. The average Bonchev–Trinajstić information content (AvgIpc) is 3.05. The molecule has 26 heavy (non-hydrogen) atoms. The third kappa shape index (κ3) is 2.96. The maximum absolute atomic E-state index is 12.5. The van der Waals surface area contributed by atoms with Gasteiger partial charge >= 0.3 is 6.03 Å². The van der Waals surface area contributed by atoms with Crippen molar-refractivity contribution < 1.29 is 14.6 Å². The van der Waals surface area contributed by atoms with Crippen LogP contribution in [0.4, 0.5) is 4.79 Å². The molecule has 1 atom stereocenters. The van der Waals surface area contributed by atoms with Gasteiger partial charge in [-0.3, -0.25) is 0 Å². The van der Waals surface area contributed by atoms with Crippen LogP contribution < -0.4 is 15.4 Å². The molecule has 4 fully saturated rings. The zero-order valence-corrected chi connectivity index (χ0v) is 15.2. The summed E-state index contributed by atoms with van der Waals surface area (Å²) in [6.45, 7) is 0.943. The van der Waals surface area contributed by atoms with Crippen molar-refractivity contribution in [1.82, 2.24) is 10.6 Å². The maximum atomic E-state index is 12.5. The van der Waals surface area contributed by atoms with Crippen LogP contribution >= 0.6 is 0 Å². The number of aliphatic hydroxyl groups is 1. The molecule has 2 amide bonds. The lowest BCUT2D eigenvalue weighted by Gasteiger charge is -2.56. The van der Waals surface area contributed by atoms with Crippen molar-refractivity contribution in [3.8, 4) is 5.75 Å². The van der Waals surface area contributed by atoms with E-state index in [1.165, 1.54) is 19.3 Å². The summed E-state index contributed by atoms with van der Waals surface area (Å²) in [7, 11) is 0. The molecule has 140 valence electrons. The molecule has 5 aliphatic rings. The first-order chi connectivity index (χ1) is 12.6. The quantitative estimate of drug-likeness (QED) is 0.777. The Kier molecular flexibility index (Phi) is 3.89. The fourth-order valence-electron chi connectivity index (χ4n) is 6.27. The SMILES string of the molecule is O=C(NC[C@H](O)c1ccc2c(c1)CCO2)NC12CC3CC(CC(C3)C1)C2. The van der Waals surface area contributed by atoms with E-state index in [4.69, 9.17) is 4.74 Å². The van der Waals surface area contributed by atoms with E-state index >= 15 is 0 Å². The number of carbonyl (C=O) groups is 1. The van der Waals surface area contributed by atoms with E-state index in [0.717, 1.165) is 60.3 Å². The predicted molar refractivity (Wildman–Crippen MR) is 98.0 cm³/mol. The Bertz CT molecular complexity index is 682. The van der Waals surface area contributed by atoms with Crippen LogP contribution in [0.25, 0.3) is 0 Å². The minimum Gasteiger partial charge on any atom is -0.493 e. The normalized spacial score (nSPS) is 34.9. The Morgan fingerprint density at radius 1 is 1.19 bits per heavy atom. The Morgan fingerprint density at radius 3 is 2.58 bits per heavy atom. The number of hydrogen-bond donors (Lipinski definition) is 3. The van der Waals surface area contributed by atoms with Crippen LogP contribution in [-0.2, 0) is 6.42 Å². The lowest BCUT2D eigenvalue weighted by molar-refractivity contribution is -0.0136.